The third kappa shape index (κ3) is 2.96. The van der Waals surface area contributed by atoms with Gasteiger partial charge in [-0.3, -0.25) is 9.88 Å². The molecule has 19 heavy (non-hydrogen) atoms. The van der Waals surface area contributed by atoms with E-state index in [1.54, 1.807) is 0 Å². The minimum atomic E-state index is -0.242. The monoisotopic (exact) mass is 262 g/mol. The number of nitrogens with zero attached hydrogens (tertiary/aromatic N) is 2. The minimum absolute atomic E-state index is 0.242. The smallest absolute Gasteiger partial charge is 0.168 e. The largest absolute Gasteiger partial charge is 0.348 e. The molecule has 0 aromatic carbocycles. The summed E-state index contributed by atoms with van der Waals surface area (Å²) in [6.07, 6.45) is 8.08. The van der Waals surface area contributed by atoms with E-state index in [2.05, 4.69) is 29.1 Å². The van der Waals surface area contributed by atoms with Crippen LogP contribution >= 0.6 is 0 Å². The second-order valence-electron chi connectivity index (χ2n) is 5.61. The van der Waals surface area contributed by atoms with E-state index in [0.717, 1.165) is 45.4 Å². The average molecular weight is 262 g/mol. The van der Waals surface area contributed by atoms with Gasteiger partial charge in [-0.2, -0.15) is 0 Å². The Balaban J connectivity index is 1.53. The van der Waals surface area contributed by atoms with E-state index in [4.69, 9.17) is 9.47 Å². The molecule has 0 radical (unpaired) electrons. The first-order valence-electron chi connectivity index (χ1n) is 7.14. The maximum Gasteiger partial charge on any atom is 0.168 e. The van der Waals surface area contributed by atoms with Gasteiger partial charge in [-0.25, -0.2) is 0 Å². The summed E-state index contributed by atoms with van der Waals surface area (Å²) in [5.41, 5.74) is 1.33. The predicted octanol–water partition coefficient (Wildman–Crippen LogP) is 2.20. The second kappa shape index (κ2) is 5.57. The highest BCUT2D eigenvalue weighted by atomic mass is 16.7. The summed E-state index contributed by atoms with van der Waals surface area (Å²) in [5, 5.41) is 0. The maximum atomic E-state index is 5.78. The summed E-state index contributed by atoms with van der Waals surface area (Å²) < 4.78 is 11.6. The van der Waals surface area contributed by atoms with Crippen molar-refractivity contribution in [2.24, 2.45) is 0 Å². The number of hydrogen-bond acceptors (Lipinski definition) is 4. The number of ether oxygens (including phenoxy) is 2. The third-order valence-corrected chi connectivity index (χ3v) is 4.34. The van der Waals surface area contributed by atoms with Crippen LogP contribution in [0.25, 0.3) is 0 Å². The highest BCUT2D eigenvalue weighted by Gasteiger charge is 2.40. The molecule has 1 spiro atoms. The molecule has 2 aliphatic rings. The highest BCUT2D eigenvalue weighted by molar-refractivity contribution is 5.09. The fourth-order valence-corrected chi connectivity index (χ4v) is 3.17. The zero-order valence-electron chi connectivity index (χ0n) is 11.5. The lowest BCUT2D eigenvalue weighted by atomic mass is 9.89. The summed E-state index contributed by atoms with van der Waals surface area (Å²) in [5.74, 6) is -0.242. The van der Waals surface area contributed by atoms with E-state index in [0.29, 0.717) is 6.04 Å². The lowest BCUT2D eigenvalue weighted by Crippen LogP contribution is -2.42. The van der Waals surface area contributed by atoms with Crippen LogP contribution < -0.4 is 0 Å². The number of pyridine rings is 1. The van der Waals surface area contributed by atoms with Crippen molar-refractivity contribution in [3.05, 3.63) is 30.1 Å². The Hall–Kier alpha value is -0.970. The lowest BCUT2D eigenvalue weighted by Gasteiger charge is -2.39. The molecule has 1 aromatic rings. The average Bonchev–Trinajstić information content (AvgIpc) is 2.89. The van der Waals surface area contributed by atoms with Gasteiger partial charge in [-0.1, -0.05) is 0 Å². The molecule has 3 rings (SSSR count). The van der Waals surface area contributed by atoms with Gasteiger partial charge in [-0.15, -0.1) is 0 Å². The van der Waals surface area contributed by atoms with Crippen LogP contribution in [0.15, 0.2) is 24.5 Å². The van der Waals surface area contributed by atoms with Crippen LogP contribution in [0.4, 0.5) is 0 Å². The first kappa shape index (κ1) is 13.0. The van der Waals surface area contributed by atoms with Gasteiger partial charge in [0.05, 0.1) is 13.2 Å². The molecule has 1 aliphatic carbocycles. The normalized spacial score (nSPS) is 23.3. The molecule has 1 aliphatic heterocycles. The molecule has 2 heterocycles. The van der Waals surface area contributed by atoms with E-state index in [1.807, 2.05) is 12.4 Å². The topological polar surface area (TPSA) is 34.6 Å². The SMILES string of the molecule is CN(Cc1ccncc1)C1CCC2(CC1)OCCO2. The van der Waals surface area contributed by atoms with Crippen LogP contribution in [0, 0.1) is 0 Å². The summed E-state index contributed by atoms with van der Waals surface area (Å²) in [6.45, 7) is 2.51. The number of hydrogen-bond donors (Lipinski definition) is 0. The molecule has 2 fully saturated rings. The Morgan fingerprint density at radius 3 is 2.47 bits per heavy atom. The molecule has 0 N–H and O–H groups in total. The quantitative estimate of drug-likeness (QED) is 0.836. The van der Waals surface area contributed by atoms with Crippen LogP contribution in [0.1, 0.15) is 31.2 Å². The molecular formula is C15H22N2O2. The van der Waals surface area contributed by atoms with E-state index in [1.165, 1.54) is 5.56 Å². The zero-order valence-corrected chi connectivity index (χ0v) is 11.5. The Morgan fingerprint density at radius 1 is 1.21 bits per heavy atom. The molecular weight excluding hydrogens is 240 g/mol. The molecule has 104 valence electrons. The van der Waals surface area contributed by atoms with Gasteiger partial charge in [0.15, 0.2) is 5.79 Å². The zero-order chi connectivity index (χ0) is 13.1. The Bertz CT molecular complexity index is 394. The van der Waals surface area contributed by atoms with Crippen molar-refractivity contribution in [1.29, 1.82) is 0 Å². The lowest BCUT2D eigenvalue weighted by molar-refractivity contribution is -0.183. The van der Waals surface area contributed by atoms with Crippen LogP contribution in [0.2, 0.25) is 0 Å². The number of aromatic nitrogens is 1. The molecule has 0 amide bonds. The van der Waals surface area contributed by atoms with Gasteiger partial charge in [0.2, 0.25) is 0 Å². The van der Waals surface area contributed by atoms with Crippen molar-refractivity contribution in [3.63, 3.8) is 0 Å². The molecule has 0 unspecified atom stereocenters. The molecule has 1 saturated carbocycles. The first-order chi connectivity index (χ1) is 9.27. The fraction of sp³-hybridized carbons (Fsp3) is 0.667. The van der Waals surface area contributed by atoms with Gasteiger partial charge in [-0.05, 0) is 37.6 Å². The van der Waals surface area contributed by atoms with Crippen LogP contribution in [0.5, 0.6) is 0 Å². The summed E-state index contributed by atoms with van der Waals surface area (Å²) >= 11 is 0. The van der Waals surface area contributed by atoms with Crippen molar-refractivity contribution < 1.29 is 9.47 Å². The summed E-state index contributed by atoms with van der Waals surface area (Å²) in [6, 6.07) is 4.81. The van der Waals surface area contributed by atoms with Crippen molar-refractivity contribution in [2.75, 3.05) is 20.3 Å². The molecule has 4 nitrogen and oxygen atoms in total. The van der Waals surface area contributed by atoms with Crippen LogP contribution in [0.3, 0.4) is 0 Å². The molecule has 1 aromatic heterocycles. The van der Waals surface area contributed by atoms with Crippen LogP contribution in [-0.2, 0) is 16.0 Å². The molecule has 4 heteroatoms. The van der Waals surface area contributed by atoms with Crippen molar-refractivity contribution in [2.45, 2.75) is 44.1 Å². The van der Waals surface area contributed by atoms with Crippen LogP contribution in [-0.4, -0.2) is 42.0 Å². The third-order valence-electron chi connectivity index (χ3n) is 4.34. The summed E-state index contributed by atoms with van der Waals surface area (Å²) in [7, 11) is 2.21. The van der Waals surface area contributed by atoms with Gasteiger partial charge in [0, 0.05) is 37.8 Å². The molecule has 0 bridgehead atoms. The predicted molar refractivity (Wildman–Crippen MR) is 72.6 cm³/mol. The minimum Gasteiger partial charge on any atom is -0.348 e. The molecule has 1 saturated heterocycles. The maximum absolute atomic E-state index is 5.78. The Kier molecular flexibility index (Phi) is 3.82. The second-order valence-corrected chi connectivity index (χ2v) is 5.61. The number of rotatable bonds is 3. The van der Waals surface area contributed by atoms with E-state index >= 15 is 0 Å². The van der Waals surface area contributed by atoms with Gasteiger partial charge in [0.25, 0.3) is 0 Å². The Morgan fingerprint density at radius 2 is 1.84 bits per heavy atom. The Labute approximate surface area is 114 Å². The first-order valence-corrected chi connectivity index (χ1v) is 7.14. The van der Waals surface area contributed by atoms with E-state index in [-0.39, 0.29) is 5.79 Å². The van der Waals surface area contributed by atoms with E-state index in [9.17, 15) is 0 Å². The molecule has 0 atom stereocenters. The van der Waals surface area contributed by atoms with Gasteiger partial charge >= 0.3 is 0 Å². The van der Waals surface area contributed by atoms with Gasteiger partial charge in [0.1, 0.15) is 0 Å². The van der Waals surface area contributed by atoms with Crippen molar-refractivity contribution in [1.82, 2.24) is 9.88 Å². The fourth-order valence-electron chi connectivity index (χ4n) is 3.17. The standard InChI is InChI=1S/C15H22N2O2/c1-17(12-13-4-8-16-9-5-13)14-2-6-15(7-3-14)18-10-11-19-15/h4-5,8-9,14H,2-3,6-7,10-12H2,1H3. The van der Waals surface area contributed by atoms with Gasteiger partial charge < -0.3 is 9.47 Å². The highest BCUT2D eigenvalue weighted by Crippen LogP contribution is 2.37. The van der Waals surface area contributed by atoms with E-state index < -0.39 is 0 Å². The van der Waals surface area contributed by atoms with Crippen molar-refractivity contribution in [3.8, 4) is 0 Å². The summed E-state index contributed by atoms with van der Waals surface area (Å²) in [4.78, 5) is 6.50. The van der Waals surface area contributed by atoms with Crippen molar-refractivity contribution >= 4 is 0 Å².